The number of primary amides is 1. The van der Waals surface area contributed by atoms with Crippen LogP contribution < -0.4 is 5.73 Å². The van der Waals surface area contributed by atoms with E-state index in [0.717, 1.165) is 19.8 Å². The number of carbonyl (C=O) groups is 1. The van der Waals surface area contributed by atoms with Gasteiger partial charge in [0.15, 0.2) is 0 Å². The number of ether oxygens (including phenoxy) is 1. The third kappa shape index (κ3) is 1.84. The lowest BCUT2D eigenvalue weighted by molar-refractivity contribution is -0.119. The van der Waals surface area contributed by atoms with Crippen LogP contribution in [0.5, 0.6) is 0 Å². The molecule has 0 spiro atoms. The maximum absolute atomic E-state index is 10.6. The van der Waals surface area contributed by atoms with E-state index in [-0.39, 0.29) is 5.91 Å². The van der Waals surface area contributed by atoms with E-state index in [0.29, 0.717) is 18.5 Å². The van der Waals surface area contributed by atoms with Crippen LogP contribution in [-0.4, -0.2) is 42.6 Å². The molecule has 0 aromatic rings. The van der Waals surface area contributed by atoms with Crippen molar-refractivity contribution in [3.05, 3.63) is 0 Å². The minimum absolute atomic E-state index is 0.203. The van der Waals surface area contributed by atoms with Gasteiger partial charge in [-0.25, -0.2) is 0 Å². The van der Waals surface area contributed by atoms with Crippen molar-refractivity contribution in [1.82, 2.24) is 4.90 Å². The molecule has 2 aliphatic heterocycles. The molecule has 2 N–H and O–H groups in total. The first-order valence-corrected chi connectivity index (χ1v) is 4.89. The number of nitrogens with zero attached hydrogens (tertiary/aromatic N) is 1. The zero-order valence-corrected chi connectivity index (χ0v) is 7.74. The van der Waals surface area contributed by atoms with E-state index in [1.165, 1.54) is 12.8 Å². The fourth-order valence-corrected chi connectivity index (χ4v) is 2.32. The molecule has 0 aliphatic carbocycles. The Balaban J connectivity index is 1.88. The van der Waals surface area contributed by atoms with Gasteiger partial charge in [0, 0.05) is 25.0 Å². The Morgan fingerprint density at radius 3 is 2.54 bits per heavy atom. The zero-order valence-electron chi connectivity index (χ0n) is 7.74. The molecule has 2 atom stereocenters. The first kappa shape index (κ1) is 8.97. The first-order chi connectivity index (χ1) is 6.27. The third-order valence-electron chi connectivity index (χ3n) is 3.01. The standard InChI is InChI=1S/C9H16N2O2/c10-9(12)3-4-11-7-1-2-8(11)6-13-5-7/h7-8H,1-6H2,(H2,10,12). The number of hydrogen-bond acceptors (Lipinski definition) is 3. The molecule has 2 saturated heterocycles. The van der Waals surface area contributed by atoms with Crippen LogP contribution >= 0.6 is 0 Å². The van der Waals surface area contributed by atoms with Crippen molar-refractivity contribution in [2.75, 3.05) is 19.8 Å². The molecule has 2 aliphatic rings. The highest BCUT2D eigenvalue weighted by molar-refractivity contribution is 5.73. The summed E-state index contributed by atoms with van der Waals surface area (Å²) < 4.78 is 5.44. The van der Waals surface area contributed by atoms with Crippen molar-refractivity contribution in [1.29, 1.82) is 0 Å². The van der Waals surface area contributed by atoms with Gasteiger partial charge in [-0.05, 0) is 12.8 Å². The quantitative estimate of drug-likeness (QED) is 0.656. The second kappa shape index (κ2) is 3.64. The molecule has 0 saturated carbocycles. The Hall–Kier alpha value is -0.610. The molecule has 2 heterocycles. The molecule has 0 radical (unpaired) electrons. The largest absolute Gasteiger partial charge is 0.378 e. The summed E-state index contributed by atoms with van der Waals surface area (Å²) in [5.74, 6) is -0.203. The van der Waals surface area contributed by atoms with Crippen LogP contribution in [0.25, 0.3) is 0 Å². The summed E-state index contributed by atoms with van der Waals surface area (Å²) in [6.45, 7) is 2.47. The second-order valence-electron chi connectivity index (χ2n) is 3.88. The predicted molar refractivity (Wildman–Crippen MR) is 48.1 cm³/mol. The Morgan fingerprint density at radius 2 is 2.00 bits per heavy atom. The van der Waals surface area contributed by atoms with E-state index in [4.69, 9.17) is 10.5 Å². The van der Waals surface area contributed by atoms with Crippen LogP contribution in [0.3, 0.4) is 0 Å². The van der Waals surface area contributed by atoms with Crippen molar-refractivity contribution in [2.24, 2.45) is 5.73 Å². The molecular formula is C9H16N2O2. The van der Waals surface area contributed by atoms with E-state index < -0.39 is 0 Å². The minimum Gasteiger partial charge on any atom is -0.378 e. The second-order valence-corrected chi connectivity index (χ2v) is 3.88. The Bertz CT molecular complexity index is 192. The molecule has 74 valence electrons. The number of fused-ring (bicyclic) bond motifs is 2. The number of nitrogens with two attached hydrogens (primary N) is 1. The Labute approximate surface area is 78.0 Å². The Morgan fingerprint density at radius 1 is 1.38 bits per heavy atom. The van der Waals surface area contributed by atoms with Gasteiger partial charge < -0.3 is 10.5 Å². The SMILES string of the molecule is NC(=O)CCN1C2CCC1COC2. The van der Waals surface area contributed by atoms with E-state index in [2.05, 4.69) is 4.90 Å². The summed E-state index contributed by atoms with van der Waals surface area (Å²) in [6.07, 6.45) is 2.90. The van der Waals surface area contributed by atoms with Gasteiger partial charge in [0.1, 0.15) is 0 Å². The highest BCUT2D eigenvalue weighted by Crippen LogP contribution is 2.28. The van der Waals surface area contributed by atoms with Crippen LogP contribution in [0.15, 0.2) is 0 Å². The fourth-order valence-electron chi connectivity index (χ4n) is 2.32. The molecule has 2 rings (SSSR count). The molecule has 0 aromatic carbocycles. The maximum atomic E-state index is 10.6. The van der Waals surface area contributed by atoms with E-state index in [1.807, 2.05) is 0 Å². The lowest BCUT2D eigenvalue weighted by Gasteiger charge is -2.34. The van der Waals surface area contributed by atoms with Crippen molar-refractivity contribution in [3.63, 3.8) is 0 Å². The highest BCUT2D eigenvalue weighted by Gasteiger charge is 2.36. The fraction of sp³-hybridized carbons (Fsp3) is 0.889. The first-order valence-electron chi connectivity index (χ1n) is 4.89. The monoisotopic (exact) mass is 184 g/mol. The molecule has 2 unspecified atom stereocenters. The van der Waals surface area contributed by atoms with Gasteiger partial charge in [-0.15, -0.1) is 0 Å². The molecule has 2 fully saturated rings. The van der Waals surface area contributed by atoms with E-state index in [1.54, 1.807) is 0 Å². The van der Waals surface area contributed by atoms with Crippen LogP contribution in [-0.2, 0) is 9.53 Å². The highest BCUT2D eigenvalue weighted by atomic mass is 16.5. The van der Waals surface area contributed by atoms with Gasteiger partial charge in [-0.2, -0.15) is 0 Å². The van der Waals surface area contributed by atoms with Gasteiger partial charge in [0.2, 0.25) is 5.91 Å². The molecular weight excluding hydrogens is 168 g/mol. The summed E-state index contributed by atoms with van der Waals surface area (Å²) in [5.41, 5.74) is 5.12. The molecule has 4 nitrogen and oxygen atoms in total. The van der Waals surface area contributed by atoms with Crippen molar-refractivity contribution in [3.8, 4) is 0 Å². The average Bonchev–Trinajstić information content (AvgIpc) is 2.34. The topological polar surface area (TPSA) is 55.6 Å². The van der Waals surface area contributed by atoms with Gasteiger partial charge in [-0.3, -0.25) is 9.69 Å². The lowest BCUT2D eigenvalue weighted by Crippen LogP contribution is -2.46. The predicted octanol–water partition coefficient (Wildman–Crippen LogP) is -0.275. The van der Waals surface area contributed by atoms with Crippen molar-refractivity contribution in [2.45, 2.75) is 31.3 Å². The molecule has 13 heavy (non-hydrogen) atoms. The van der Waals surface area contributed by atoms with Crippen molar-refractivity contribution < 1.29 is 9.53 Å². The van der Waals surface area contributed by atoms with E-state index >= 15 is 0 Å². The number of rotatable bonds is 3. The molecule has 1 amide bonds. The number of amides is 1. The summed E-state index contributed by atoms with van der Waals surface area (Å²) in [5, 5.41) is 0. The molecule has 2 bridgehead atoms. The summed E-state index contributed by atoms with van der Waals surface area (Å²) in [6, 6.07) is 1.08. The summed E-state index contributed by atoms with van der Waals surface area (Å²) in [4.78, 5) is 13.0. The number of morpholine rings is 1. The lowest BCUT2D eigenvalue weighted by atomic mass is 10.2. The molecule has 0 aromatic heterocycles. The van der Waals surface area contributed by atoms with E-state index in [9.17, 15) is 4.79 Å². The van der Waals surface area contributed by atoms with Gasteiger partial charge >= 0.3 is 0 Å². The maximum Gasteiger partial charge on any atom is 0.218 e. The smallest absolute Gasteiger partial charge is 0.218 e. The molecule has 4 heteroatoms. The average molecular weight is 184 g/mol. The van der Waals surface area contributed by atoms with Crippen LogP contribution in [0, 0.1) is 0 Å². The summed E-state index contributed by atoms with van der Waals surface area (Å²) in [7, 11) is 0. The summed E-state index contributed by atoms with van der Waals surface area (Å²) >= 11 is 0. The zero-order chi connectivity index (χ0) is 9.26. The van der Waals surface area contributed by atoms with Crippen molar-refractivity contribution >= 4 is 5.91 Å². The number of carbonyl (C=O) groups excluding carboxylic acids is 1. The number of hydrogen-bond donors (Lipinski definition) is 1. The van der Waals surface area contributed by atoms with Crippen LogP contribution in [0.2, 0.25) is 0 Å². The normalized spacial score (nSPS) is 33.5. The van der Waals surface area contributed by atoms with Gasteiger partial charge in [-0.1, -0.05) is 0 Å². The minimum atomic E-state index is -0.203. The Kier molecular flexibility index (Phi) is 2.51. The van der Waals surface area contributed by atoms with Crippen LogP contribution in [0.1, 0.15) is 19.3 Å². The van der Waals surface area contributed by atoms with Crippen LogP contribution in [0.4, 0.5) is 0 Å². The van der Waals surface area contributed by atoms with Gasteiger partial charge in [0.05, 0.1) is 13.2 Å². The third-order valence-corrected chi connectivity index (χ3v) is 3.01. The van der Waals surface area contributed by atoms with Gasteiger partial charge in [0.25, 0.3) is 0 Å².